The van der Waals surface area contributed by atoms with Crippen molar-refractivity contribution in [3.8, 4) is 0 Å². The zero-order valence-electron chi connectivity index (χ0n) is 27.6. The van der Waals surface area contributed by atoms with Crippen molar-refractivity contribution in [2.75, 3.05) is 19.6 Å². The minimum absolute atomic E-state index is 0.624. The molecule has 0 aromatic rings. The molecule has 224 valence electrons. The monoisotopic (exact) mass is 539 g/mol. The van der Waals surface area contributed by atoms with Crippen LogP contribution in [0.2, 0.25) is 5.04 Å². The van der Waals surface area contributed by atoms with Crippen LogP contribution in [-0.4, -0.2) is 40.4 Å². The molecule has 0 aromatic heterocycles. The van der Waals surface area contributed by atoms with Gasteiger partial charge in [0.1, 0.15) is 0 Å². The van der Waals surface area contributed by atoms with Gasteiger partial charge in [-0.2, -0.15) is 0 Å². The summed E-state index contributed by atoms with van der Waals surface area (Å²) in [5.74, 6) is 0. The van der Waals surface area contributed by atoms with Crippen LogP contribution in [0.5, 0.6) is 0 Å². The fourth-order valence-electron chi connectivity index (χ4n) is 6.74. The summed E-state index contributed by atoms with van der Waals surface area (Å²) in [5, 5.41) is 0.624. The predicted octanol–water partition coefficient (Wildman–Crippen LogP) is 11.2. The molecule has 0 heterocycles. The van der Waals surface area contributed by atoms with Crippen LogP contribution in [0.3, 0.4) is 0 Å². The van der Waals surface area contributed by atoms with Crippen LogP contribution in [0.15, 0.2) is 0 Å². The van der Waals surface area contributed by atoms with E-state index in [1.54, 1.807) is 0 Å². The van der Waals surface area contributed by atoms with Gasteiger partial charge in [-0.25, -0.2) is 0 Å². The summed E-state index contributed by atoms with van der Waals surface area (Å²) in [6.45, 7) is 19.1. The molecule has 0 bridgehead atoms. The molecule has 2 heteroatoms. The lowest BCUT2D eigenvalue weighted by Gasteiger charge is -2.47. The summed E-state index contributed by atoms with van der Waals surface area (Å²) in [6.07, 6.45) is 34.7. The first-order valence-corrected chi connectivity index (χ1v) is 18.7. The van der Waals surface area contributed by atoms with Crippen molar-refractivity contribution in [1.29, 1.82) is 0 Å². The lowest BCUT2D eigenvalue weighted by Crippen LogP contribution is -2.56. The van der Waals surface area contributed by atoms with Crippen LogP contribution in [0.4, 0.5) is 0 Å². The summed E-state index contributed by atoms with van der Waals surface area (Å²) < 4.78 is 1.45. The average Bonchev–Trinajstić information content (AvgIpc) is 2.87. The molecule has 1 nitrogen and oxygen atoms in total. The summed E-state index contributed by atoms with van der Waals surface area (Å²) in [4.78, 5) is 0. The van der Waals surface area contributed by atoms with Gasteiger partial charge in [0.15, 0.2) is 0 Å². The van der Waals surface area contributed by atoms with Gasteiger partial charge in [-0.3, -0.25) is 0 Å². The molecule has 0 aromatic carbocycles. The Kier molecular flexibility index (Phi) is 25.3. The third kappa shape index (κ3) is 20.7. The van der Waals surface area contributed by atoms with E-state index in [2.05, 4.69) is 41.5 Å². The lowest BCUT2D eigenvalue weighted by atomic mass is 9.91. The summed E-state index contributed by atoms with van der Waals surface area (Å²) in [7, 11) is 1.36. The smallest absolute Gasteiger partial charge is 0.0863 e. The third-order valence-electron chi connectivity index (χ3n) is 9.36. The Morgan fingerprint density at radius 2 is 0.784 bits per heavy atom. The first-order valence-electron chi connectivity index (χ1n) is 17.7. The van der Waals surface area contributed by atoms with Gasteiger partial charge in [-0.15, -0.1) is 0 Å². The molecule has 2 atom stereocenters. The van der Waals surface area contributed by atoms with Gasteiger partial charge in [-0.1, -0.05) is 144 Å². The van der Waals surface area contributed by atoms with Gasteiger partial charge in [0.2, 0.25) is 0 Å². The van der Waals surface area contributed by atoms with E-state index in [-0.39, 0.29) is 0 Å². The van der Waals surface area contributed by atoms with Crippen molar-refractivity contribution < 1.29 is 4.48 Å². The molecule has 0 fully saturated rings. The molecule has 0 radical (unpaired) electrons. The highest BCUT2D eigenvalue weighted by Gasteiger charge is 2.36. The Labute approximate surface area is 240 Å². The minimum atomic E-state index is 0.624. The summed E-state index contributed by atoms with van der Waals surface area (Å²) >= 11 is 0. The summed E-state index contributed by atoms with van der Waals surface area (Å²) in [6, 6.07) is 0.843. The van der Waals surface area contributed by atoms with E-state index in [9.17, 15) is 0 Å². The van der Waals surface area contributed by atoms with Crippen molar-refractivity contribution in [3.63, 3.8) is 0 Å². The Balaban J connectivity index is 4.88. The van der Waals surface area contributed by atoms with Crippen LogP contribution >= 0.6 is 0 Å². The molecule has 2 unspecified atom stereocenters. The van der Waals surface area contributed by atoms with E-state index >= 15 is 0 Å². The minimum Gasteiger partial charge on any atom is -0.321 e. The largest absolute Gasteiger partial charge is 0.321 e. The quantitative estimate of drug-likeness (QED) is 0.0504. The maximum Gasteiger partial charge on any atom is 0.0863 e. The average molecular weight is 539 g/mol. The summed E-state index contributed by atoms with van der Waals surface area (Å²) in [5.41, 5.74) is 0. The van der Waals surface area contributed by atoms with Crippen molar-refractivity contribution in [2.45, 2.75) is 207 Å². The predicted molar refractivity (Wildman–Crippen MR) is 176 cm³/mol. The molecule has 0 rings (SSSR count). The van der Waals surface area contributed by atoms with Crippen LogP contribution < -0.4 is 0 Å². The topological polar surface area (TPSA) is 0 Å². The Hall–Kier alpha value is 0.177. The van der Waals surface area contributed by atoms with Gasteiger partial charge < -0.3 is 4.48 Å². The Morgan fingerprint density at radius 1 is 0.486 bits per heavy atom. The zero-order chi connectivity index (χ0) is 27.7. The normalized spacial score (nSPS) is 14.8. The number of hydrogen-bond donors (Lipinski definition) is 0. The van der Waals surface area contributed by atoms with E-state index in [1.165, 1.54) is 188 Å². The van der Waals surface area contributed by atoms with Crippen molar-refractivity contribution in [3.05, 3.63) is 0 Å². The molecule has 0 saturated carbocycles. The van der Waals surface area contributed by atoms with Gasteiger partial charge in [0, 0.05) is 16.7 Å². The van der Waals surface area contributed by atoms with Gasteiger partial charge in [-0.05, 0) is 50.5 Å². The van der Waals surface area contributed by atoms with Crippen molar-refractivity contribution in [1.82, 2.24) is 0 Å². The van der Waals surface area contributed by atoms with Crippen LogP contribution in [0.1, 0.15) is 196 Å². The molecule has 0 N–H and O–H groups in total. The third-order valence-corrected chi connectivity index (χ3v) is 10.3. The van der Waals surface area contributed by atoms with Crippen LogP contribution in [0, 0.1) is 0 Å². The number of rotatable bonds is 29. The Bertz CT molecular complexity index is 429. The first kappa shape index (κ1) is 37.2. The molecular weight excluding hydrogens is 462 g/mol. The molecule has 0 spiro atoms. The van der Waals surface area contributed by atoms with Crippen LogP contribution in [0.25, 0.3) is 0 Å². The lowest BCUT2D eigenvalue weighted by molar-refractivity contribution is -0.950. The van der Waals surface area contributed by atoms with E-state index < -0.39 is 0 Å². The fourth-order valence-corrected chi connectivity index (χ4v) is 7.69. The molecule has 0 aliphatic carbocycles. The maximum atomic E-state index is 2.67. The highest BCUT2D eigenvalue weighted by atomic mass is 28.1. The van der Waals surface area contributed by atoms with E-state index in [0.717, 1.165) is 6.04 Å². The molecule has 0 aliphatic rings. The van der Waals surface area contributed by atoms with Crippen LogP contribution in [-0.2, 0) is 0 Å². The van der Waals surface area contributed by atoms with E-state index in [4.69, 9.17) is 0 Å². The highest BCUT2D eigenvalue weighted by Crippen LogP contribution is 2.38. The van der Waals surface area contributed by atoms with Gasteiger partial charge in [0.25, 0.3) is 0 Å². The first-order chi connectivity index (χ1) is 17.9. The number of unbranched alkanes of at least 4 members (excludes halogenated alkanes) is 18. The van der Waals surface area contributed by atoms with Crippen molar-refractivity contribution >= 4 is 10.2 Å². The SMILES string of the molecule is CCCCCCCCCCCCC(C)([SiH3])CC(C)[N+](CCCCCC)(CCCCCC)CCCCCC. The van der Waals surface area contributed by atoms with Gasteiger partial charge >= 0.3 is 0 Å². The molecule has 0 aliphatic heterocycles. The number of hydrogen-bond acceptors (Lipinski definition) is 0. The molecule has 0 amide bonds. The Morgan fingerprint density at radius 3 is 1.14 bits per heavy atom. The maximum absolute atomic E-state index is 2.67. The number of nitrogens with zero attached hydrogens (tertiary/aromatic N) is 1. The molecular formula is C35H76NSi+. The molecule has 0 saturated heterocycles. The second-order valence-corrected chi connectivity index (χ2v) is 16.1. The second kappa shape index (κ2) is 25.2. The number of quaternary nitrogens is 1. The van der Waals surface area contributed by atoms with Crippen molar-refractivity contribution in [2.24, 2.45) is 0 Å². The highest BCUT2D eigenvalue weighted by molar-refractivity contribution is 6.14. The standard InChI is InChI=1S/C35H76NSi/c1-7-11-15-19-20-21-22-23-24-25-29-35(6,37)33-34(5)36(30-26-16-12-8-2,31-27-17-13-9-3)32-28-18-14-10-4/h34H,7-33H2,1-6,37H3/q+1. The molecule has 37 heavy (non-hydrogen) atoms. The van der Waals surface area contributed by atoms with E-state index in [0.29, 0.717) is 5.04 Å². The zero-order valence-corrected chi connectivity index (χ0v) is 29.6. The second-order valence-electron chi connectivity index (χ2n) is 13.7. The van der Waals surface area contributed by atoms with E-state index in [1.807, 2.05) is 0 Å². The van der Waals surface area contributed by atoms with Gasteiger partial charge in [0.05, 0.1) is 25.7 Å². The fraction of sp³-hybridized carbons (Fsp3) is 1.00.